The van der Waals surface area contributed by atoms with Crippen LogP contribution < -0.4 is 5.73 Å². The van der Waals surface area contributed by atoms with Crippen LogP contribution >= 0.6 is 0 Å². The molecule has 110 valence electrons. The fourth-order valence-electron chi connectivity index (χ4n) is 2.37. The molecular formula is C18H22N2O. The molecule has 21 heavy (non-hydrogen) atoms. The number of aryl methyl sites for hydroxylation is 1. The highest BCUT2D eigenvalue weighted by atomic mass is 16.2. The lowest BCUT2D eigenvalue weighted by Gasteiger charge is -2.27. The summed E-state index contributed by atoms with van der Waals surface area (Å²) in [6.45, 7) is 6.61. The third-order valence-corrected chi connectivity index (χ3v) is 3.43. The van der Waals surface area contributed by atoms with Gasteiger partial charge in [0.15, 0.2) is 0 Å². The maximum Gasteiger partial charge on any atom is 0.254 e. The molecule has 0 spiro atoms. The zero-order valence-electron chi connectivity index (χ0n) is 12.8. The van der Waals surface area contributed by atoms with Gasteiger partial charge in [-0.1, -0.05) is 30.3 Å². The minimum atomic E-state index is 0.0178. The van der Waals surface area contributed by atoms with Crippen molar-refractivity contribution in [2.45, 2.75) is 33.4 Å². The molecule has 0 bridgehead atoms. The first-order chi connectivity index (χ1) is 9.97. The molecule has 0 radical (unpaired) electrons. The molecule has 0 aliphatic rings. The summed E-state index contributed by atoms with van der Waals surface area (Å²) in [5, 5.41) is 0. The second kappa shape index (κ2) is 6.44. The molecule has 0 saturated heterocycles. The predicted octanol–water partition coefficient (Wildman–Crippen LogP) is 3.63. The van der Waals surface area contributed by atoms with E-state index in [0.717, 1.165) is 11.1 Å². The van der Waals surface area contributed by atoms with Crippen molar-refractivity contribution in [2.24, 2.45) is 0 Å². The van der Waals surface area contributed by atoms with E-state index in [2.05, 4.69) is 0 Å². The number of amides is 1. The summed E-state index contributed by atoms with van der Waals surface area (Å²) in [6, 6.07) is 15.7. The van der Waals surface area contributed by atoms with Crippen molar-refractivity contribution in [3.05, 3.63) is 65.2 Å². The minimum absolute atomic E-state index is 0.0178. The largest absolute Gasteiger partial charge is 0.399 e. The van der Waals surface area contributed by atoms with Crippen LogP contribution in [0.1, 0.15) is 35.3 Å². The van der Waals surface area contributed by atoms with Gasteiger partial charge >= 0.3 is 0 Å². The van der Waals surface area contributed by atoms with Crippen LogP contribution in [0.5, 0.6) is 0 Å². The van der Waals surface area contributed by atoms with Gasteiger partial charge in [0.1, 0.15) is 0 Å². The van der Waals surface area contributed by atoms with Gasteiger partial charge in [-0.25, -0.2) is 0 Å². The van der Waals surface area contributed by atoms with Crippen LogP contribution in [0.25, 0.3) is 0 Å². The molecule has 0 heterocycles. The van der Waals surface area contributed by atoms with E-state index < -0.39 is 0 Å². The third kappa shape index (κ3) is 3.85. The number of anilines is 1. The summed E-state index contributed by atoms with van der Waals surface area (Å²) in [7, 11) is 0. The van der Waals surface area contributed by atoms with E-state index in [1.807, 2.05) is 68.1 Å². The van der Waals surface area contributed by atoms with Crippen LogP contribution in [-0.2, 0) is 6.54 Å². The number of nitrogens with two attached hydrogens (primary N) is 1. The molecule has 2 rings (SSSR count). The van der Waals surface area contributed by atoms with Crippen molar-refractivity contribution < 1.29 is 4.79 Å². The smallest absolute Gasteiger partial charge is 0.254 e. The van der Waals surface area contributed by atoms with E-state index in [1.165, 1.54) is 0 Å². The van der Waals surface area contributed by atoms with Gasteiger partial charge in [-0.15, -0.1) is 0 Å². The summed E-state index contributed by atoms with van der Waals surface area (Å²) in [5.41, 5.74) is 9.26. The highest BCUT2D eigenvalue weighted by Crippen LogP contribution is 2.17. The Morgan fingerprint density at radius 1 is 1.14 bits per heavy atom. The van der Waals surface area contributed by atoms with Crippen LogP contribution in [0, 0.1) is 6.92 Å². The Labute approximate surface area is 126 Å². The van der Waals surface area contributed by atoms with Crippen molar-refractivity contribution in [2.75, 3.05) is 5.73 Å². The van der Waals surface area contributed by atoms with Crippen LogP contribution in [0.3, 0.4) is 0 Å². The van der Waals surface area contributed by atoms with Crippen LogP contribution in [0.4, 0.5) is 5.69 Å². The van der Waals surface area contributed by atoms with Crippen molar-refractivity contribution >= 4 is 11.6 Å². The monoisotopic (exact) mass is 282 g/mol. The van der Waals surface area contributed by atoms with Crippen molar-refractivity contribution in [1.29, 1.82) is 0 Å². The predicted molar refractivity (Wildman–Crippen MR) is 87.0 cm³/mol. The summed E-state index contributed by atoms with van der Waals surface area (Å²) in [5.74, 6) is 0.0178. The number of carbonyl (C=O) groups is 1. The first kappa shape index (κ1) is 15.1. The Kier molecular flexibility index (Phi) is 4.63. The maximum atomic E-state index is 12.8. The molecule has 0 saturated carbocycles. The number of nitrogen functional groups attached to an aromatic ring is 1. The maximum absolute atomic E-state index is 12.8. The number of hydrogen-bond donors (Lipinski definition) is 1. The average Bonchev–Trinajstić information content (AvgIpc) is 2.44. The summed E-state index contributed by atoms with van der Waals surface area (Å²) < 4.78 is 0. The summed E-state index contributed by atoms with van der Waals surface area (Å²) >= 11 is 0. The van der Waals surface area contributed by atoms with E-state index in [0.29, 0.717) is 17.8 Å². The zero-order valence-corrected chi connectivity index (χ0v) is 12.8. The fourth-order valence-corrected chi connectivity index (χ4v) is 2.37. The number of benzene rings is 2. The Hall–Kier alpha value is -2.29. The lowest BCUT2D eigenvalue weighted by molar-refractivity contribution is 0.0690. The highest BCUT2D eigenvalue weighted by Gasteiger charge is 2.19. The lowest BCUT2D eigenvalue weighted by Crippen LogP contribution is -2.36. The van der Waals surface area contributed by atoms with Gasteiger partial charge in [0.05, 0.1) is 0 Å². The first-order valence-electron chi connectivity index (χ1n) is 7.19. The molecule has 0 unspecified atom stereocenters. The van der Waals surface area contributed by atoms with Crippen molar-refractivity contribution in [1.82, 2.24) is 4.90 Å². The Morgan fingerprint density at radius 3 is 2.38 bits per heavy atom. The molecule has 1 amide bonds. The second-order valence-corrected chi connectivity index (χ2v) is 5.64. The molecular weight excluding hydrogens is 260 g/mol. The van der Waals surface area contributed by atoms with E-state index in [-0.39, 0.29) is 11.9 Å². The van der Waals surface area contributed by atoms with E-state index in [4.69, 9.17) is 5.73 Å². The molecule has 3 heteroatoms. The molecule has 3 nitrogen and oxygen atoms in total. The van der Waals surface area contributed by atoms with Crippen molar-refractivity contribution in [3.63, 3.8) is 0 Å². The van der Waals surface area contributed by atoms with E-state index in [9.17, 15) is 4.79 Å². The van der Waals surface area contributed by atoms with Gasteiger partial charge in [0.25, 0.3) is 5.91 Å². The Balaban J connectivity index is 2.27. The minimum Gasteiger partial charge on any atom is -0.399 e. The quantitative estimate of drug-likeness (QED) is 0.870. The van der Waals surface area contributed by atoms with Gasteiger partial charge in [0.2, 0.25) is 0 Å². The zero-order chi connectivity index (χ0) is 15.4. The Morgan fingerprint density at radius 2 is 1.81 bits per heavy atom. The number of hydrogen-bond acceptors (Lipinski definition) is 2. The SMILES string of the molecule is Cc1cc(N)cc(C(=O)N(Cc2ccccc2)C(C)C)c1. The van der Waals surface area contributed by atoms with Crippen LogP contribution in [0.15, 0.2) is 48.5 Å². The molecule has 0 aliphatic heterocycles. The third-order valence-electron chi connectivity index (χ3n) is 3.43. The number of rotatable bonds is 4. The number of nitrogens with zero attached hydrogens (tertiary/aromatic N) is 1. The molecule has 0 aromatic heterocycles. The lowest BCUT2D eigenvalue weighted by atomic mass is 10.1. The fraction of sp³-hybridized carbons (Fsp3) is 0.278. The van der Waals surface area contributed by atoms with Crippen molar-refractivity contribution in [3.8, 4) is 0 Å². The Bertz CT molecular complexity index is 600. The molecule has 2 aromatic rings. The molecule has 2 N–H and O–H groups in total. The van der Waals surface area contributed by atoms with E-state index in [1.54, 1.807) is 6.07 Å². The molecule has 2 aromatic carbocycles. The van der Waals surface area contributed by atoms with Gasteiger partial charge in [0, 0.05) is 23.8 Å². The molecule has 0 fully saturated rings. The average molecular weight is 282 g/mol. The van der Waals surface area contributed by atoms with Gasteiger partial charge in [-0.05, 0) is 50.1 Å². The first-order valence-corrected chi connectivity index (χ1v) is 7.19. The summed E-state index contributed by atoms with van der Waals surface area (Å²) in [6.07, 6.45) is 0. The molecule has 0 aliphatic carbocycles. The normalized spacial score (nSPS) is 10.7. The van der Waals surface area contributed by atoms with Gasteiger partial charge < -0.3 is 10.6 Å². The van der Waals surface area contributed by atoms with Gasteiger partial charge in [-0.3, -0.25) is 4.79 Å². The molecule has 0 atom stereocenters. The standard InChI is InChI=1S/C18H22N2O/c1-13(2)20(12-15-7-5-4-6-8-15)18(21)16-9-14(3)10-17(19)11-16/h4-11,13H,12,19H2,1-3H3. The van der Waals surface area contributed by atoms with Crippen LogP contribution in [-0.4, -0.2) is 16.8 Å². The summed E-state index contributed by atoms with van der Waals surface area (Å²) in [4.78, 5) is 14.6. The van der Waals surface area contributed by atoms with Gasteiger partial charge in [-0.2, -0.15) is 0 Å². The second-order valence-electron chi connectivity index (χ2n) is 5.64. The topological polar surface area (TPSA) is 46.3 Å². The van der Waals surface area contributed by atoms with E-state index >= 15 is 0 Å². The number of carbonyl (C=O) groups excluding carboxylic acids is 1. The highest BCUT2D eigenvalue weighted by molar-refractivity contribution is 5.95. The van der Waals surface area contributed by atoms with Crippen LogP contribution in [0.2, 0.25) is 0 Å².